The van der Waals surface area contributed by atoms with Crippen molar-refractivity contribution in [3.05, 3.63) is 0 Å². The molecule has 1 amide bonds. The topological polar surface area (TPSA) is 76.1 Å². The molecule has 1 N–H and O–H groups in total. The van der Waals surface area contributed by atoms with Crippen LogP contribution in [0.2, 0.25) is 0 Å². The van der Waals surface area contributed by atoms with E-state index < -0.39 is 11.0 Å². The first-order chi connectivity index (χ1) is 10.2. The number of fused-ring (bicyclic) bond motifs is 1. The monoisotopic (exact) mass is 313 g/mol. The van der Waals surface area contributed by atoms with Crippen LogP contribution in [0.15, 0.2) is 0 Å². The number of nitrogens with zero attached hydrogens (tertiary/aromatic N) is 1. The maximum atomic E-state index is 12.4. The van der Waals surface area contributed by atoms with E-state index in [1.165, 1.54) is 7.11 Å². The van der Waals surface area contributed by atoms with E-state index in [1.54, 1.807) is 4.90 Å². The number of hydrogen-bond donors (Lipinski definition) is 1. The Hall–Kier alpha value is -1.30. The average molecular weight is 313 g/mol. The molecule has 3 atom stereocenters. The number of aliphatic hydroxyl groups excluding tert-OH is 1. The fourth-order valence-corrected chi connectivity index (χ4v) is 3.65. The minimum atomic E-state index is -0.705. The third-order valence-corrected chi connectivity index (χ3v) is 4.73. The summed E-state index contributed by atoms with van der Waals surface area (Å²) in [6.45, 7) is 6.33. The molecular formula is C16H27NO5. The summed E-state index contributed by atoms with van der Waals surface area (Å²) < 4.78 is 10.4. The Bertz CT molecular complexity index is 444. The highest BCUT2D eigenvalue weighted by Crippen LogP contribution is 2.47. The zero-order valence-corrected chi connectivity index (χ0v) is 13.9. The molecule has 1 aliphatic heterocycles. The first-order valence-corrected chi connectivity index (χ1v) is 7.92. The molecule has 1 saturated heterocycles. The predicted octanol–water partition coefficient (Wildman–Crippen LogP) is 1.95. The van der Waals surface area contributed by atoms with Gasteiger partial charge in [0.25, 0.3) is 0 Å². The molecule has 126 valence electrons. The molecule has 1 saturated carbocycles. The minimum Gasteiger partial charge on any atom is -0.469 e. The Morgan fingerprint density at radius 3 is 2.55 bits per heavy atom. The lowest BCUT2D eigenvalue weighted by Crippen LogP contribution is -2.58. The van der Waals surface area contributed by atoms with Gasteiger partial charge in [0, 0.05) is 13.1 Å². The number of ether oxygens (including phenoxy) is 2. The number of amides is 1. The standard InChI is InChI=1S/C16H27NO5/c1-15(2,3)22-14(20)17-8-6-11-9-12(18)5-7-16(11,10-17)13(19)21-4/h11-12,18H,5-10H2,1-4H3/t11-,12?,16-/m0/s1. The van der Waals surface area contributed by atoms with Gasteiger partial charge in [-0.1, -0.05) is 0 Å². The molecule has 1 heterocycles. The summed E-state index contributed by atoms with van der Waals surface area (Å²) in [7, 11) is 1.38. The number of likely N-dealkylation sites (tertiary alicyclic amines) is 1. The van der Waals surface area contributed by atoms with Crippen LogP contribution in [-0.4, -0.2) is 54.0 Å². The molecule has 1 aliphatic carbocycles. The molecular weight excluding hydrogens is 286 g/mol. The van der Waals surface area contributed by atoms with Gasteiger partial charge in [-0.05, 0) is 52.4 Å². The average Bonchev–Trinajstić information content (AvgIpc) is 2.44. The fourth-order valence-electron chi connectivity index (χ4n) is 3.65. The summed E-state index contributed by atoms with van der Waals surface area (Å²) in [5.41, 5.74) is -1.27. The minimum absolute atomic E-state index is 0.0578. The highest BCUT2D eigenvalue weighted by molar-refractivity contribution is 5.79. The van der Waals surface area contributed by atoms with Crippen molar-refractivity contribution in [3.8, 4) is 0 Å². The highest BCUT2D eigenvalue weighted by atomic mass is 16.6. The van der Waals surface area contributed by atoms with Gasteiger partial charge in [0.2, 0.25) is 0 Å². The van der Waals surface area contributed by atoms with Crippen LogP contribution >= 0.6 is 0 Å². The number of carbonyl (C=O) groups excluding carboxylic acids is 2. The second kappa shape index (κ2) is 6.07. The van der Waals surface area contributed by atoms with Crippen LogP contribution in [0, 0.1) is 11.3 Å². The Balaban J connectivity index is 2.17. The second-order valence-corrected chi connectivity index (χ2v) is 7.46. The van der Waals surface area contributed by atoms with Crippen LogP contribution in [0.1, 0.15) is 46.5 Å². The van der Waals surface area contributed by atoms with Crippen LogP contribution in [0.25, 0.3) is 0 Å². The molecule has 0 aromatic heterocycles. The van der Waals surface area contributed by atoms with Gasteiger partial charge in [0.1, 0.15) is 5.60 Å². The molecule has 0 bridgehead atoms. The van der Waals surface area contributed by atoms with E-state index in [2.05, 4.69) is 0 Å². The quantitative estimate of drug-likeness (QED) is 0.749. The molecule has 0 spiro atoms. The van der Waals surface area contributed by atoms with E-state index in [0.29, 0.717) is 38.8 Å². The summed E-state index contributed by atoms with van der Waals surface area (Å²) in [6.07, 6.45) is 1.64. The first kappa shape index (κ1) is 17.1. The Morgan fingerprint density at radius 1 is 1.27 bits per heavy atom. The van der Waals surface area contributed by atoms with Crippen LogP contribution in [0.4, 0.5) is 4.79 Å². The molecule has 6 nitrogen and oxygen atoms in total. The van der Waals surface area contributed by atoms with E-state index >= 15 is 0 Å². The molecule has 2 rings (SSSR count). The number of carbonyl (C=O) groups is 2. The summed E-state index contributed by atoms with van der Waals surface area (Å²) >= 11 is 0. The molecule has 6 heteroatoms. The van der Waals surface area contributed by atoms with Crippen LogP contribution < -0.4 is 0 Å². The van der Waals surface area contributed by atoms with Crippen LogP contribution in [0.3, 0.4) is 0 Å². The van der Waals surface area contributed by atoms with Crippen molar-refractivity contribution in [2.75, 3.05) is 20.2 Å². The SMILES string of the molecule is COC(=O)[C@]12CCC(O)C[C@@H]1CCN(C(=O)OC(C)(C)C)C2. The Kier molecular flexibility index (Phi) is 4.70. The normalized spacial score (nSPS) is 32.1. The lowest BCUT2D eigenvalue weighted by Gasteiger charge is -2.49. The number of piperidine rings is 1. The van der Waals surface area contributed by atoms with E-state index in [9.17, 15) is 14.7 Å². The number of esters is 1. The van der Waals surface area contributed by atoms with Gasteiger partial charge in [0.05, 0.1) is 18.6 Å². The van der Waals surface area contributed by atoms with Gasteiger partial charge in [-0.25, -0.2) is 4.79 Å². The molecule has 1 unspecified atom stereocenters. The largest absolute Gasteiger partial charge is 0.469 e. The van der Waals surface area contributed by atoms with Crippen LogP contribution in [-0.2, 0) is 14.3 Å². The summed E-state index contributed by atoms with van der Waals surface area (Å²) in [5, 5.41) is 9.89. The van der Waals surface area contributed by atoms with E-state index in [0.717, 1.165) is 0 Å². The Morgan fingerprint density at radius 2 is 1.95 bits per heavy atom. The molecule has 2 fully saturated rings. The lowest BCUT2D eigenvalue weighted by atomic mass is 9.62. The number of methoxy groups -OCH3 is 1. The summed E-state index contributed by atoms with van der Waals surface area (Å²) in [4.78, 5) is 26.3. The van der Waals surface area contributed by atoms with Gasteiger partial charge in [-0.2, -0.15) is 0 Å². The van der Waals surface area contributed by atoms with Gasteiger partial charge >= 0.3 is 12.1 Å². The summed E-state index contributed by atoms with van der Waals surface area (Å²) in [6, 6.07) is 0. The molecule has 22 heavy (non-hydrogen) atoms. The van der Waals surface area contributed by atoms with Gasteiger partial charge < -0.3 is 19.5 Å². The highest BCUT2D eigenvalue weighted by Gasteiger charge is 2.53. The maximum Gasteiger partial charge on any atom is 0.410 e. The van der Waals surface area contributed by atoms with Gasteiger partial charge in [0.15, 0.2) is 0 Å². The van der Waals surface area contributed by atoms with Crippen molar-refractivity contribution in [2.45, 2.75) is 58.2 Å². The van der Waals surface area contributed by atoms with Crippen molar-refractivity contribution in [1.29, 1.82) is 0 Å². The molecule has 2 aliphatic rings. The third-order valence-electron chi connectivity index (χ3n) is 4.73. The van der Waals surface area contributed by atoms with Crippen LogP contribution in [0.5, 0.6) is 0 Å². The van der Waals surface area contributed by atoms with Gasteiger partial charge in [-0.15, -0.1) is 0 Å². The van der Waals surface area contributed by atoms with E-state index in [1.807, 2.05) is 20.8 Å². The van der Waals surface area contributed by atoms with Gasteiger partial charge in [-0.3, -0.25) is 4.79 Å². The van der Waals surface area contributed by atoms with E-state index in [-0.39, 0.29) is 24.1 Å². The number of hydrogen-bond acceptors (Lipinski definition) is 5. The first-order valence-electron chi connectivity index (χ1n) is 7.92. The molecule has 0 aromatic carbocycles. The van der Waals surface area contributed by atoms with Crippen molar-refractivity contribution in [3.63, 3.8) is 0 Å². The number of rotatable bonds is 1. The van der Waals surface area contributed by atoms with Crippen molar-refractivity contribution in [2.24, 2.45) is 11.3 Å². The Labute approximate surface area is 131 Å². The molecule has 0 aromatic rings. The number of aliphatic hydroxyl groups is 1. The lowest BCUT2D eigenvalue weighted by molar-refractivity contribution is -0.167. The smallest absolute Gasteiger partial charge is 0.410 e. The zero-order valence-electron chi connectivity index (χ0n) is 13.9. The van der Waals surface area contributed by atoms with Crippen molar-refractivity contribution >= 4 is 12.1 Å². The zero-order chi connectivity index (χ0) is 16.5. The maximum absolute atomic E-state index is 12.4. The molecule has 0 radical (unpaired) electrons. The van der Waals surface area contributed by atoms with E-state index in [4.69, 9.17) is 9.47 Å². The van der Waals surface area contributed by atoms with Crippen molar-refractivity contribution in [1.82, 2.24) is 4.90 Å². The fraction of sp³-hybridized carbons (Fsp3) is 0.875. The third kappa shape index (κ3) is 3.37. The van der Waals surface area contributed by atoms with Crippen molar-refractivity contribution < 1.29 is 24.2 Å². The summed E-state index contributed by atoms with van der Waals surface area (Å²) in [5.74, 6) is -0.222. The predicted molar refractivity (Wildman–Crippen MR) is 80.2 cm³/mol. The second-order valence-electron chi connectivity index (χ2n) is 7.46.